The maximum absolute atomic E-state index is 12.4. The van der Waals surface area contributed by atoms with Crippen LogP contribution in [-0.2, 0) is 24.3 Å². The normalized spacial score (nSPS) is 18.3. The predicted molar refractivity (Wildman–Crippen MR) is 85.2 cm³/mol. The third kappa shape index (κ3) is 2.87. The van der Waals surface area contributed by atoms with Crippen LogP contribution in [0.3, 0.4) is 0 Å². The van der Waals surface area contributed by atoms with Gasteiger partial charge in [-0.05, 0) is 35.2 Å². The molecule has 0 aliphatic carbocycles. The van der Waals surface area contributed by atoms with Crippen molar-refractivity contribution in [1.29, 1.82) is 0 Å². The lowest BCUT2D eigenvalue weighted by molar-refractivity contribution is -0.123. The molecular formula is C18H18N2O3. The quantitative estimate of drug-likeness (QED) is 0.907. The van der Waals surface area contributed by atoms with Crippen molar-refractivity contribution < 1.29 is 14.3 Å². The summed E-state index contributed by atoms with van der Waals surface area (Å²) in [5.74, 6) is 1.52. The average Bonchev–Trinajstić information content (AvgIpc) is 3.07. The molecule has 1 amide bonds. The summed E-state index contributed by atoms with van der Waals surface area (Å²) in [5, 5.41) is 6.29. The zero-order valence-corrected chi connectivity index (χ0v) is 12.7. The van der Waals surface area contributed by atoms with E-state index in [9.17, 15) is 4.79 Å². The maximum Gasteiger partial charge on any atom is 0.237 e. The average molecular weight is 310 g/mol. The lowest BCUT2D eigenvalue weighted by atomic mass is 9.95. The predicted octanol–water partition coefficient (Wildman–Crippen LogP) is 1.75. The number of fused-ring (bicyclic) bond motifs is 2. The summed E-state index contributed by atoms with van der Waals surface area (Å²) < 4.78 is 10.6. The van der Waals surface area contributed by atoms with Crippen LogP contribution in [0.1, 0.15) is 16.7 Å². The van der Waals surface area contributed by atoms with Crippen molar-refractivity contribution in [2.75, 3.05) is 6.79 Å². The molecule has 5 heteroatoms. The van der Waals surface area contributed by atoms with Crippen LogP contribution in [0.25, 0.3) is 0 Å². The SMILES string of the molecule is O=C(NCc1ccc2c(c1)OCO2)C1Cc2ccccc2CN1. The first-order chi connectivity index (χ1) is 11.3. The fourth-order valence-corrected chi connectivity index (χ4v) is 3.00. The first-order valence-electron chi connectivity index (χ1n) is 7.76. The Morgan fingerprint density at radius 1 is 1.13 bits per heavy atom. The summed E-state index contributed by atoms with van der Waals surface area (Å²) in [6.45, 7) is 1.48. The highest BCUT2D eigenvalue weighted by Crippen LogP contribution is 2.32. The van der Waals surface area contributed by atoms with Gasteiger partial charge in [0.2, 0.25) is 12.7 Å². The van der Waals surface area contributed by atoms with E-state index in [1.807, 2.05) is 30.3 Å². The number of ether oxygens (including phenoxy) is 2. The van der Waals surface area contributed by atoms with E-state index in [1.165, 1.54) is 11.1 Å². The minimum Gasteiger partial charge on any atom is -0.454 e. The molecule has 0 spiro atoms. The highest BCUT2D eigenvalue weighted by molar-refractivity contribution is 5.82. The van der Waals surface area contributed by atoms with Crippen molar-refractivity contribution in [2.45, 2.75) is 25.6 Å². The monoisotopic (exact) mass is 310 g/mol. The third-order valence-corrected chi connectivity index (χ3v) is 4.30. The van der Waals surface area contributed by atoms with E-state index in [2.05, 4.69) is 22.8 Å². The molecule has 5 nitrogen and oxygen atoms in total. The van der Waals surface area contributed by atoms with Gasteiger partial charge in [-0.15, -0.1) is 0 Å². The number of carbonyl (C=O) groups excluding carboxylic acids is 1. The second kappa shape index (κ2) is 5.93. The highest BCUT2D eigenvalue weighted by atomic mass is 16.7. The van der Waals surface area contributed by atoms with Gasteiger partial charge >= 0.3 is 0 Å². The smallest absolute Gasteiger partial charge is 0.237 e. The maximum atomic E-state index is 12.4. The van der Waals surface area contributed by atoms with E-state index in [1.54, 1.807) is 0 Å². The molecule has 2 heterocycles. The number of hydrogen-bond acceptors (Lipinski definition) is 4. The van der Waals surface area contributed by atoms with Gasteiger partial charge in [-0.2, -0.15) is 0 Å². The van der Waals surface area contributed by atoms with Crippen molar-refractivity contribution in [3.63, 3.8) is 0 Å². The minimum atomic E-state index is -0.182. The van der Waals surface area contributed by atoms with Crippen LogP contribution in [0.15, 0.2) is 42.5 Å². The van der Waals surface area contributed by atoms with Gasteiger partial charge in [0.1, 0.15) is 0 Å². The molecule has 2 aliphatic rings. The van der Waals surface area contributed by atoms with Crippen LogP contribution in [0.5, 0.6) is 11.5 Å². The Labute approximate surface area is 134 Å². The van der Waals surface area contributed by atoms with Gasteiger partial charge in [-0.25, -0.2) is 0 Å². The Kier molecular flexibility index (Phi) is 3.63. The van der Waals surface area contributed by atoms with Gasteiger partial charge in [0.15, 0.2) is 11.5 Å². The summed E-state index contributed by atoms with van der Waals surface area (Å²) in [5.41, 5.74) is 3.51. The zero-order chi connectivity index (χ0) is 15.6. The Bertz CT molecular complexity index is 745. The summed E-state index contributed by atoms with van der Waals surface area (Å²) >= 11 is 0. The molecule has 0 saturated carbocycles. The fraction of sp³-hybridized carbons (Fsp3) is 0.278. The first-order valence-corrected chi connectivity index (χ1v) is 7.76. The van der Waals surface area contributed by atoms with Crippen molar-refractivity contribution in [2.24, 2.45) is 0 Å². The molecule has 2 aromatic rings. The Hall–Kier alpha value is -2.53. The van der Waals surface area contributed by atoms with E-state index in [0.717, 1.165) is 30.0 Å². The van der Waals surface area contributed by atoms with Crippen LogP contribution in [0, 0.1) is 0 Å². The molecule has 0 radical (unpaired) electrons. The van der Waals surface area contributed by atoms with Gasteiger partial charge in [0, 0.05) is 13.1 Å². The van der Waals surface area contributed by atoms with E-state index < -0.39 is 0 Å². The standard InChI is InChI=1S/C18H18N2O3/c21-18(15-8-13-3-1-2-4-14(13)10-19-15)20-9-12-5-6-16-17(7-12)23-11-22-16/h1-7,15,19H,8-11H2,(H,20,21). The van der Waals surface area contributed by atoms with E-state index >= 15 is 0 Å². The van der Waals surface area contributed by atoms with E-state index in [-0.39, 0.29) is 18.7 Å². The fourth-order valence-electron chi connectivity index (χ4n) is 3.00. The van der Waals surface area contributed by atoms with Crippen LogP contribution in [-0.4, -0.2) is 18.7 Å². The Morgan fingerprint density at radius 2 is 1.96 bits per heavy atom. The van der Waals surface area contributed by atoms with E-state index in [0.29, 0.717) is 6.54 Å². The highest BCUT2D eigenvalue weighted by Gasteiger charge is 2.23. The number of nitrogens with one attached hydrogen (secondary N) is 2. The topological polar surface area (TPSA) is 59.6 Å². The lowest BCUT2D eigenvalue weighted by Crippen LogP contribution is -2.47. The molecule has 23 heavy (non-hydrogen) atoms. The van der Waals surface area contributed by atoms with Crippen LogP contribution >= 0.6 is 0 Å². The number of hydrogen-bond donors (Lipinski definition) is 2. The molecule has 1 unspecified atom stereocenters. The molecule has 2 aromatic carbocycles. The summed E-state index contributed by atoms with van der Waals surface area (Å²) in [6.07, 6.45) is 0.725. The zero-order valence-electron chi connectivity index (χ0n) is 12.7. The second-order valence-electron chi connectivity index (χ2n) is 5.81. The molecule has 0 bridgehead atoms. The lowest BCUT2D eigenvalue weighted by Gasteiger charge is -2.25. The molecule has 4 rings (SSSR count). The Balaban J connectivity index is 1.37. The largest absolute Gasteiger partial charge is 0.454 e. The molecule has 1 atom stereocenters. The van der Waals surface area contributed by atoms with Crippen LogP contribution < -0.4 is 20.1 Å². The van der Waals surface area contributed by atoms with Crippen molar-refractivity contribution >= 4 is 5.91 Å². The molecule has 118 valence electrons. The number of carbonyl (C=O) groups is 1. The number of amides is 1. The summed E-state index contributed by atoms with van der Waals surface area (Å²) in [7, 11) is 0. The van der Waals surface area contributed by atoms with Gasteiger partial charge in [0.05, 0.1) is 6.04 Å². The first kappa shape index (κ1) is 14.1. The summed E-state index contributed by atoms with van der Waals surface area (Å²) in [6, 6.07) is 13.8. The number of rotatable bonds is 3. The molecule has 0 aromatic heterocycles. The summed E-state index contributed by atoms with van der Waals surface area (Å²) in [4.78, 5) is 12.4. The van der Waals surface area contributed by atoms with Gasteiger partial charge in [0.25, 0.3) is 0 Å². The van der Waals surface area contributed by atoms with Crippen molar-refractivity contribution in [1.82, 2.24) is 10.6 Å². The van der Waals surface area contributed by atoms with Crippen molar-refractivity contribution in [3.05, 3.63) is 59.2 Å². The van der Waals surface area contributed by atoms with Crippen LogP contribution in [0.4, 0.5) is 0 Å². The molecule has 2 aliphatic heterocycles. The number of benzene rings is 2. The molecular weight excluding hydrogens is 292 g/mol. The molecule has 2 N–H and O–H groups in total. The van der Waals surface area contributed by atoms with E-state index in [4.69, 9.17) is 9.47 Å². The minimum absolute atomic E-state index is 0.0252. The van der Waals surface area contributed by atoms with Gasteiger partial charge in [-0.3, -0.25) is 4.79 Å². The second-order valence-corrected chi connectivity index (χ2v) is 5.81. The van der Waals surface area contributed by atoms with Gasteiger partial charge < -0.3 is 20.1 Å². The molecule has 0 fully saturated rings. The van der Waals surface area contributed by atoms with Crippen LogP contribution in [0.2, 0.25) is 0 Å². The third-order valence-electron chi connectivity index (χ3n) is 4.30. The Morgan fingerprint density at radius 3 is 2.87 bits per heavy atom. The van der Waals surface area contributed by atoms with Gasteiger partial charge in [-0.1, -0.05) is 30.3 Å². The molecule has 0 saturated heterocycles. The van der Waals surface area contributed by atoms with Crippen molar-refractivity contribution in [3.8, 4) is 11.5 Å².